The van der Waals surface area contributed by atoms with E-state index in [2.05, 4.69) is 20.0 Å². The fraction of sp³-hybridized carbons (Fsp3) is 0.560. The molecule has 1 aliphatic carbocycles. The first-order chi connectivity index (χ1) is 17.2. The number of hydrogen-bond donors (Lipinski definition) is 2. The molecule has 0 bridgehead atoms. The molecule has 1 unspecified atom stereocenters. The number of nitrogens with zero attached hydrogens (tertiary/aromatic N) is 3. The lowest BCUT2D eigenvalue weighted by Gasteiger charge is -2.37. The number of ether oxygens (including phenoxy) is 2. The number of aliphatic carboxylic acids is 1. The Morgan fingerprint density at radius 2 is 1.89 bits per heavy atom. The van der Waals surface area contributed by atoms with Crippen LogP contribution < -0.4 is 15.0 Å². The lowest BCUT2D eigenvalue weighted by atomic mass is 9.80. The lowest BCUT2D eigenvalue weighted by Crippen LogP contribution is -2.40. The Bertz CT molecular complexity index is 1030. The van der Waals surface area contributed by atoms with E-state index in [1.165, 1.54) is 18.5 Å². The van der Waals surface area contributed by atoms with Crippen molar-refractivity contribution < 1.29 is 32.5 Å². The summed E-state index contributed by atoms with van der Waals surface area (Å²) in [5.41, 5.74) is 0.757. The Hall–Kier alpha value is -3.08. The van der Waals surface area contributed by atoms with Crippen LogP contribution in [0.25, 0.3) is 0 Å². The number of benzene rings is 1. The Labute approximate surface area is 207 Å². The largest absolute Gasteiger partial charge is 0.481 e. The third kappa shape index (κ3) is 6.77. The molecule has 0 amide bonds. The molecule has 1 aliphatic heterocycles. The molecule has 11 heteroatoms. The van der Waals surface area contributed by atoms with Crippen molar-refractivity contribution in [2.75, 3.05) is 36.5 Å². The highest BCUT2D eigenvalue weighted by Crippen LogP contribution is 2.34. The summed E-state index contributed by atoms with van der Waals surface area (Å²) in [6.07, 6.45) is 1.71. The van der Waals surface area contributed by atoms with E-state index in [0.29, 0.717) is 32.5 Å². The maximum atomic E-state index is 15.5. The molecule has 2 fully saturated rings. The molecule has 8 nitrogen and oxygen atoms in total. The number of anilines is 2. The van der Waals surface area contributed by atoms with Crippen LogP contribution in [0.4, 0.5) is 24.8 Å². The zero-order valence-corrected chi connectivity index (χ0v) is 20.1. The molecule has 196 valence electrons. The molecule has 1 saturated heterocycles. The molecule has 2 aromatic rings. The zero-order valence-electron chi connectivity index (χ0n) is 20.1. The molecule has 4 rings (SSSR count). The number of halogens is 3. The van der Waals surface area contributed by atoms with Gasteiger partial charge in [0.2, 0.25) is 5.82 Å². The first kappa shape index (κ1) is 26.0. The monoisotopic (exact) mass is 508 g/mol. The van der Waals surface area contributed by atoms with Crippen LogP contribution in [-0.4, -0.2) is 53.5 Å². The van der Waals surface area contributed by atoms with E-state index in [0.717, 1.165) is 31.2 Å². The maximum absolute atomic E-state index is 15.5. The van der Waals surface area contributed by atoms with Crippen LogP contribution >= 0.6 is 0 Å². The second kappa shape index (κ2) is 11.3. The van der Waals surface area contributed by atoms with Crippen molar-refractivity contribution >= 4 is 17.6 Å². The van der Waals surface area contributed by atoms with Crippen LogP contribution in [0.3, 0.4) is 0 Å². The zero-order chi connectivity index (χ0) is 25.7. The number of rotatable bonds is 9. The van der Waals surface area contributed by atoms with Crippen molar-refractivity contribution in [3.05, 3.63) is 42.0 Å². The molecule has 1 atom stereocenters. The van der Waals surface area contributed by atoms with Crippen molar-refractivity contribution in [2.24, 2.45) is 11.8 Å². The minimum absolute atomic E-state index is 0.0335. The van der Waals surface area contributed by atoms with Gasteiger partial charge < -0.3 is 24.8 Å². The number of aromatic nitrogens is 2. The maximum Gasteiger partial charge on any atom is 0.394 e. The molecule has 0 radical (unpaired) electrons. The summed E-state index contributed by atoms with van der Waals surface area (Å²) < 4.78 is 52.0. The highest BCUT2D eigenvalue weighted by molar-refractivity contribution is 5.67. The van der Waals surface area contributed by atoms with Crippen LogP contribution in [-0.2, 0) is 9.53 Å². The fourth-order valence-corrected chi connectivity index (χ4v) is 4.91. The smallest absolute Gasteiger partial charge is 0.394 e. The third-order valence-corrected chi connectivity index (χ3v) is 6.72. The predicted molar refractivity (Wildman–Crippen MR) is 127 cm³/mol. The van der Waals surface area contributed by atoms with Gasteiger partial charge in [-0.15, -0.1) is 0 Å². The number of carboxylic acid groups (broad SMARTS) is 1. The van der Waals surface area contributed by atoms with Gasteiger partial charge in [0.1, 0.15) is 12.1 Å². The van der Waals surface area contributed by atoms with Crippen molar-refractivity contribution in [1.82, 2.24) is 9.97 Å². The predicted octanol–water partition coefficient (Wildman–Crippen LogP) is 4.88. The van der Waals surface area contributed by atoms with Gasteiger partial charge >= 0.3 is 12.1 Å². The van der Waals surface area contributed by atoms with E-state index in [4.69, 9.17) is 9.84 Å². The van der Waals surface area contributed by atoms with Gasteiger partial charge in [-0.2, -0.15) is 13.2 Å². The van der Waals surface area contributed by atoms with Crippen LogP contribution in [0, 0.1) is 17.7 Å². The average Bonchev–Trinajstić information content (AvgIpc) is 2.84. The van der Waals surface area contributed by atoms with Crippen LogP contribution in [0.5, 0.6) is 5.75 Å². The van der Waals surface area contributed by atoms with E-state index in [1.807, 2.05) is 0 Å². The van der Waals surface area contributed by atoms with E-state index >= 15 is 4.39 Å². The number of carboxylic acids is 1. The van der Waals surface area contributed by atoms with Crippen molar-refractivity contribution in [1.29, 1.82) is 0 Å². The van der Waals surface area contributed by atoms with Gasteiger partial charge in [0, 0.05) is 26.4 Å². The number of carbonyl (C=O) groups is 1. The topological polar surface area (TPSA) is 96.8 Å². The molecule has 1 saturated carbocycles. The minimum Gasteiger partial charge on any atom is -0.481 e. The highest BCUT2D eigenvalue weighted by Gasteiger charge is 2.30. The normalized spacial score (nSPS) is 22.8. The summed E-state index contributed by atoms with van der Waals surface area (Å²) in [5, 5.41) is 12.1. The second-order valence-electron chi connectivity index (χ2n) is 9.49. The summed E-state index contributed by atoms with van der Waals surface area (Å²) >= 11 is 0. The van der Waals surface area contributed by atoms with Gasteiger partial charge in [0.05, 0.1) is 19.3 Å². The van der Waals surface area contributed by atoms with Crippen molar-refractivity contribution in [2.45, 2.75) is 51.2 Å². The number of alkyl halides is 2. The standard InChI is InChI=1S/C25H31F3N4O4/c1-25(27,28)36-19-8-6-18(7-9-19)20-14-35-11-10-32(20)24-22(26)23(30-15-31-24)29-13-17-4-2-16(3-5-17)12-21(33)34/h6-9,15-17,20H,2-5,10-14H2,1H3,(H,33,34)(H,29,30,31). The summed E-state index contributed by atoms with van der Waals surface area (Å²) in [5.74, 6) is -0.502. The second-order valence-corrected chi connectivity index (χ2v) is 9.49. The van der Waals surface area contributed by atoms with Gasteiger partial charge in [-0.1, -0.05) is 12.1 Å². The number of morpholine rings is 1. The van der Waals surface area contributed by atoms with E-state index < -0.39 is 17.9 Å². The average molecular weight is 509 g/mol. The summed E-state index contributed by atoms with van der Waals surface area (Å²) in [4.78, 5) is 21.0. The van der Waals surface area contributed by atoms with Crippen molar-refractivity contribution in [3.63, 3.8) is 0 Å². The Morgan fingerprint density at radius 3 is 2.56 bits per heavy atom. The summed E-state index contributed by atoms with van der Waals surface area (Å²) in [7, 11) is 0. The van der Waals surface area contributed by atoms with Crippen molar-refractivity contribution in [3.8, 4) is 5.75 Å². The summed E-state index contributed by atoms with van der Waals surface area (Å²) in [6.45, 7) is 2.30. The Balaban J connectivity index is 1.42. The molecule has 2 N–H and O–H groups in total. The Morgan fingerprint density at radius 1 is 1.19 bits per heavy atom. The van der Waals surface area contributed by atoms with Gasteiger partial charge in [-0.05, 0) is 55.2 Å². The Kier molecular flexibility index (Phi) is 8.17. The van der Waals surface area contributed by atoms with E-state index in [-0.39, 0.29) is 42.4 Å². The highest BCUT2D eigenvalue weighted by atomic mass is 19.3. The van der Waals surface area contributed by atoms with E-state index in [9.17, 15) is 13.6 Å². The molecule has 2 aliphatic rings. The van der Waals surface area contributed by atoms with Gasteiger partial charge in [0.25, 0.3) is 0 Å². The molecule has 1 aromatic heterocycles. The number of nitrogens with one attached hydrogen (secondary N) is 1. The molecular formula is C25H31F3N4O4. The van der Waals surface area contributed by atoms with E-state index in [1.54, 1.807) is 17.0 Å². The SMILES string of the molecule is CC(F)(F)Oc1ccc(C2COCCN2c2ncnc(NCC3CCC(CC(=O)O)CC3)c2F)cc1. The molecular weight excluding hydrogens is 477 g/mol. The van der Waals surface area contributed by atoms with Gasteiger partial charge in [0.15, 0.2) is 11.6 Å². The number of hydrogen-bond acceptors (Lipinski definition) is 7. The van der Waals surface area contributed by atoms with Gasteiger partial charge in [-0.3, -0.25) is 4.79 Å². The first-order valence-electron chi connectivity index (χ1n) is 12.2. The van der Waals surface area contributed by atoms with Crippen LogP contribution in [0.15, 0.2) is 30.6 Å². The minimum atomic E-state index is -3.28. The third-order valence-electron chi connectivity index (χ3n) is 6.72. The van der Waals surface area contributed by atoms with Gasteiger partial charge in [-0.25, -0.2) is 9.97 Å². The molecule has 1 aromatic carbocycles. The quantitative estimate of drug-likeness (QED) is 0.495. The summed E-state index contributed by atoms with van der Waals surface area (Å²) in [6, 6.07) is 5.86. The fourth-order valence-electron chi connectivity index (χ4n) is 4.91. The van der Waals surface area contributed by atoms with Crippen LogP contribution in [0.2, 0.25) is 0 Å². The molecule has 36 heavy (non-hydrogen) atoms. The molecule has 2 heterocycles. The first-order valence-corrected chi connectivity index (χ1v) is 12.2. The van der Waals surface area contributed by atoms with Crippen LogP contribution in [0.1, 0.15) is 50.6 Å². The molecule has 0 spiro atoms. The lowest BCUT2D eigenvalue weighted by molar-refractivity contribution is -0.159.